The van der Waals surface area contributed by atoms with Gasteiger partial charge in [0.15, 0.2) is 9.84 Å². The van der Waals surface area contributed by atoms with Gasteiger partial charge in [-0.2, -0.15) is 5.26 Å². The van der Waals surface area contributed by atoms with Crippen LogP contribution in [-0.4, -0.2) is 84.9 Å². The van der Waals surface area contributed by atoms with Crippen LogP contribution in [0.3, 0.4) is 0 Å². The first kappa shape index (κ1) is 27.9. The molecule has 0 saturated carbocycles. The van der Waals surface area contributed by atoms with Crippen LogP contribution >= 0.6 is 0 Å². The fourth-order valence-corrected chi connectivity index (χ4v) is 7.43. The predicted molar refractivity (Wildman–Crippen MR) is 140 cm³/mol. The van der Waals surface area contributed by atoms with Crippen LogP contribution in [0.25, 0.3) is 0 Å². The Hall–Kier alpha value is -3.13. The van der Waals surface area contributed by atoms with Gasteiger partial charge in [-0.3, -0.25) is 9.59 Å². The SMILES string of the molecule is CC(C)(C)OC(=O)NCC1CS(=O)(=O)CC[C@H]2CC[C@@H](C(=O)N3C[C@H](c4ccccc4)[C@@H](C#N)C3)N2C1=O. The molecule has 1 unspecified atom stereocenters. The fraction of sp³-hybridized carbons (Fsp3) is 0.630. The van der Waals surface area contributed by atoms with Crippen molar-refractivity contribution in [3.8, 4) is 6.07 Å². The minimum absolute atomic E-state index is 0.0817. The zero-order chi connectivity index (χ0) is 27.7. The Balaban J connectivity index is 1.52. The summed E-state index contributed by atoms with van der Waals surface area (Å²) in [5.41, 5.74) is 0.257. The van der Waals surface area contributed by atoms with E-state index in [2.05, 4.69) is 11.4 Å². The van der Waals surface area contributed by atoms with E-state index < -0.39 is 45.2 Å². The van der Waals surface area contributed by atoms with Crippen LogP contribution in [0.1, 0.15) is 51.5 Å². The van der Waals surface area contributed by atoms with Crippen molar-refractivity contribution in [3.63, 3.8) is 0 Å². The molecule has 0 aromatic heterocycles. The molecule has 0 spiro atoms. The molecule has 1 aromatic rings. The number of hydrogen-bond donors (Lipinski definition) is 1. The maximum absolute atomic E-state index is 13.8. The summed E-state index contributed by atoms with van der Waals surface area (Å²) in [6.07, 6.45) is 0.506. The number of sulfone groups is 1. The Kier molecular flexibility index (Phi) is 8.02. The highest BCUT2D eigenvalue weighted by molar-refractivity contribution is 7.91. The van der Waals surface area contributed by atoms with Gasteiger partial charge in [-0.25, -0.2) is 13.2 Å². The normalized spacial score (nSPS) is 29.1. The van der Waals surface area contributed by atoms with Crippen LogP contribution < -0.4 is 5.32 Å². The summed E-state index contributed by atoms with van der Waals surface area (Å²) >= 11 is 0. The number of alkyl carbamates (subject to hydrolysis) is 1. The first-order valence-electron chi connectivity index (χ1n) is 13.1. The van der Waals surface area contributed by atoms with Crippen molar-refractivity contribution in [2.45, 2.75) is 63.6 Å². The summed E-state index contributed by atoms with van der Waals surface area (Å²) in [6, 6.07) is 10.9. The molecule has 0 aliphatic carbocycles. The zero-order valence-electron chi connectivity index (χ0n) is 22.1. The van der Waals surface area contributed by atoms with Crippen molar-refractivity contribution in [1.29, 1.82) is 5.26 Å². The zero-order valence-corrected chi connectivity index (χ0v) is 22.9. The van der Waals surface area contributed by atoms with Gasteiger partial charge >= 0.3 is 6.09 Å². The quantitative estimate of drug-likeness (QED) is 0.613. The van der Waals surface area contributed by atoms with Crippen molar-refractivity contribution >= 4 is 27.7 Å². The van der Waals surface area contributed by atoms with Crippen LogP contribution in [0.4, 0.5) is 4.79 Å². The van der Waals surface area contributed by atoms with E-state index in [0.29, 0.717) is 19.4 Å². The number of likely N-dealkylation sites (tertiary alicyclic amines) is 1. The molecular formula is C27H36N4O6S. The third kappa shape index (κ3) is 6.29. The number of hydrogen-bond acceptors (Lipinski definition) is 7. The maximum atomic E-state index is 13.8. The van der Waals surface area contributed by atoms with Crippen molar-refractivity contribution in [2.75, 3.05) is 31.1 Å². The molecular weight excluding hydrogens is 508 g/mol. The molecule has 3 aliphatic rings. The molecule has 0 radical (unpaired) electrons. The Labute approximate surface area is 224 Å². The Morgan fingerprint density at radius 3 is 2.50 bits per heavy atom. The van der Waals surface area contributed by atoms with Gasteiger partial charge in [0.1, 0.15) is 11.6 Å². The first-order valence-corrected chi connectivity index (χ1v) is 14.9. The summed E-state index contributed by atoms with van der Waals surface area (Å²) in [5.74, 6) is -2.61. The van der Waals surface area contributed by atoms with E-state index in [9.17, 15) is 28.1 Å². The maximum Gasteiger partial charge on any atom is 0.407 e. The molecule has 0 bridgehead atoms. The number of nitrogens with zero attached hydrogens (tertiary/aromatic N) is 3. The second-order valence-electron chi connectivity index (χ2n) is 11.5. The number of carbonyl (C=O) groups is 3. The number of benzene rings is 1. The van der Waals surface area contributed by atoms with Crippen LogP contribution in [0.5, 0.6) is 0 Å². The van der Waals surface area contributed by atoms with E-state index in [1.165, 1.54) is 0 Å². The van der Waals surface area contributed by atoms with Gasteiger partial charge in [-0.1, -0.05) is 30.3 Å². The van der Waals surface area contributed by atoms with E-state index in [1.807, 2.05) is 30.3 Å². The van der Waals surface area contributed by atoms with E-state index in [1.54, 1.807) is 30.6 Å². The van der Waals surface area contributed by atoms with Crippen LogP contribution in [0.2, 0.25) is 0 Å². The minimum atomic E-state index is -3.52. The highest BCUT2D eigenvalue weighted by Crippen LogP contribution is 2.36. The molecule has 1 N–H and O–H groups in total. The molecule has 10 nitrogen and oxygen atoms in total. The molecule has 38 heavy (non-hydrogen) atoms. The molecule has 11 heteroatoms. The molecule has 5 atom stereocenters. The Morgan fingerprint density at radius 1 is 1.13 bits per heavy atom. The topological polar surface area (TPSA) is 137 Å². The molecule has 3 saturated heterocycles. The van der Waals surface area contributed by atoms with Crippen molar-refractivity contribution < 1.29 is 27.5 Å². The predicted octanol–water partition coefficient (Wildman–Crippen LogP) is 2.07. The van der Waals surface area contributed by atoms with Crippen molar-refractivity contribution in [1.82, 2.24) is 15.1 Å². The number of fused-ring (bicyclic) bond motifs is 1. The number of nitrogens with one attached hydrogen (secondary N) is 1. The second-order valence-corrected chi connectivity index (χ2v) is 13.7. The van der Waals surface area contributed by atoms with Gasteiger partial charge < -0.3 is 19.9 Å². The largest absolute Gasteiger partial charge is 0.444 e. The van der Waals surface area contributed by atoms with Crippen LogP contribution in [0.15, 0.2) is 30.3 Å². The Bertz CT molecular complexity index is 1210. The van der Waals surface area contributed by atoms with Gasteiger partial charge in [-0.15, -0.1) is 0 Å². The van der Waals surface area contributed by atoms with Gasteiger partial charge in [-0.05, 0) is 45.6 Å². The fourth-order valence-electron chi connectivity index (χ4n) is 5.76. The summed E-state index contributed by atoms with van der Waals surface area (Å²) < 4.78 is 30.6. The van der Waals surface area contributed by atoms with Crippen LogP contribution in [0, 0.1) is 23.2 Å². The first-order chi connectivity index (χ1) is 17.9. The lowest BCUT2D eigenvalue weighted by atomic mass is 9.90. The van der Waals surface area contributed by atoms with E-state index in [0.717, 1.165) is 5.56 Å². The smallest absolute Gasteiger partial charge is 0.407 e. The highest BCUT2D eigenvalue weighted by Gasteiger charge is 2.48. The van der Waals surface area contributed by atoms with E-state index in [-0.39, 0.29) is 49.0 Å². The van der Waals surface area contributed by atoms with Gasteiger partial charge in [0.2, 0.25) is 11.8 Å². The molecule has 3 fully saturated rings. The van der Waals surface area contributed by atoms with Crippen molar-refractivity contribution in [2.24, 2.45) is 11.8 Å². The number of nitriles is 1. The van der Waals surface area contributed by atoms with Gasteiger partial charge in [0.25, 0.3) is 0 Å². The number of amides is 3. The summed E-state index contributed by atoms with van der Waals surface area (Å²) in [7, 11) is -3.52. The third-order valence-electron chi connectivity index (χ3n) is 7.53. The highest BCUT2D eigenvalue weighted by atomic mass is 32.2. The van der Waals surface area contributed by atoms with E-state index >= 15 is 0 Å². The number of carbonyl (C=O) groups excluding carboxylic acids is 3. The monoisotopic (exact) mass is 544 g/mol. The lowest BCUT2D eigenvalue weighted by molar-refractivity contribution is -0.147. The molecule has 3 heterocycles. The number of rotatable bonds is 4. The average molecular weight is 545 g/mol. The molecule has 3 aliphatic heterocycles. The molecule has 206 valence electrons. The lowest BCUT2D eigenvalue weighted by Gasteiger charge is -2.36. The summed E-state index contributed by atoms with van der Waals surface area (Å²) in [4.78, 5) is 43.0. The summed E-state index contributed by atoms with van der Waals surface area (Å²) in [5, 5.41) is 12.3. The molecule has 3 amide bonds. The second kappa shape index (κ2) is 10.9. The van der Waals surface area contributed by atoms with Gasteiger partial charge in [0, 0.05) is 31.6 Å². The minimum Gasteiger partial charge on any atom is -0.444 e. The molecule has 1 aromatic carbocycles. The van der Waals surface area contributed by atoms with Gasteiger partial charge in [0.05, 0.1) is 29.4 Å². The number of ether oxygens (including phenoxy) is 1. The lowest BCUT2D eigenvalue weighted by Crippen LogP contribution is -2.55. The Morgan fingerprint density at radius 2 is 1.84 bits per heavy atom. The van der Waals surface area contributed by atoms with Crippen LogP contribution in [-0.2, 0) is 24.2 Å². The third-order valence-corrected chi connectivity index (χ3v) is 9.29. The summed E-state index contributed by atoms with van der Waals surface area (Å²) in [6.45, 7) is 5.60. The standard InChI is InChI=1S/C27H36N4O6S/c1-27(2,3)37-26(34)29-14-20-17-38(35,36)12-11-21-9-10-23(31(21)24(20)32)25(33)30-15-19(13-28)22(16-30)18-7-5-4-6-8-18/h4-8,19-23H,9-12,14-17H2,1-3H3,(H,29,34)/t19-,20?,21+,22+,23-/m0/s1. The van der Waals surface area contributed by atoms with E-state index in [4.69, 9.17) is 4.74 Å². The average Bonchev–Trinajstić information content (AvgIpc) is 3.48. The van der Waals surface area contributed by atoms with Crippen molar-refractivity contribution in [3.05, 3.63) is 35.9 Å². The molecule has 4 rings (SSSR count).